The van der Waals surface area contributed by atoms with Gasteiger partial charge in [0.1, 0.15) is 0 Å². The predicted octanol–water partition coefficient (Wildman–Crippen LogP) is 1.91. The molecule has 1 atom stereocenters. The SMILES string of the molecule is NC(=O)CN[C@@H](c1ccccc1)c1cccs1. The van der Waals surface area contributed by atoms with Crippen LogP contribution in [0.3, 0.4) is 0 Å². The summed E-state index contributed by atoms with van der Waals surface area (Å²) in [4.78, 5) is 12.0. The van der Waals surface area contributed by atoms with Crippen molar-refractivity contribution < 1.29 is 4.79 Å². The van der Waals surface area contributed by atoms with Crippen molar-refractivity contribution >= 4 is 17.2 Å². The Balaban J connectivity index is 2.22. The number of rotatable bonds is 5. The van der Waals surface area contributed by atoms with Crippen LogP contribution in [0.1, 0.15) is 16.5 Å². The Morgan fingerprint density at radius 3 is 2.59 bits per heavy atom. The van der Waals surface area contributed by atoms with Crippen molar-refractivity contribution in [1.82, 2.24) is 5.32 Å². The fourth-order valence-corrected chi connectivity index (χ4v) is 2.51. The van der Waals surface area contributed by atoms with Gasteiger partial charge in [-0.1, -0.05) is 36.4 Å². The highest BCUT2D eigenvalue weighted by atomic mass is 32.1. The number of nitrogens with one attached hydrogen (secondary N) is 1. The molecule has 1 aromatic heterocycles. The van der Waals surface area contributed by atoms with Gasteiger partial charge in [0.2, 0.25) is 5.91 Å². The summed E-state index contributed by atoms with van der Waals surface area (Å²) in [5.41, 5.74) is 6.31. The van der Waals surface area contributed by atoms with Crippen molar-refractivity contribution in [1.29, 1.82) is 0 Å². The van der Waals surface area contributed by atoms with Crippen LogP contribution in [-0.2, 0) is 4.79 Å². The Labute approximate surface area is 104 Å². The van der Waals surface area contributed by atoms with Crippen molar-refractivity contribution in [2.75, 3.05) is 6.54 Å². The van der Waals surface area contributed by atoms with Crippen molar-refractivity contribution in [2.45, 2.75) is 6.04 Å². The Kier molecular flexibility index (Phi) is 3.90. The van der Waals surface area contributed by atoms with E-state index in [0.717, 1.165) is 5.56 Å². The standard InChI is InChI=1S/C13H14N2OS/c14-12(16)9-15-13(11-7-4-8-17-11)10-5-2-1-3-6-10/h1-8,13,15H,9H2,(H2,14,16)/t13-/m0/s1. The van der Waals surface area contributed by atoms with E-state index in [1.807, 2.05) is 41.8 Å². The number of hydrogen-bond acceptors (Lipinski definition) is 3. The second-order valence-corrected chi connectivity index (χ2v) is 4.69. The monoisotopic (exact) mass is 246 g/mol. The number of amides is 1. The average Bonchev–Trinajstić information content (AvgIpc) is 2.84. The van der Waals surface area contributed by atoms with Gasteiger partial charge < -0.3 is 5.73 Å². The summed E-state index contributed by atoms with van der Waals surface area (Å²) in [5, 5.41) is 5.20. The lowest BCUT2D eigenvalue weighted by atomic mass is 10.1. The fourth-order valence-electron chi connectivity index (χ4n) is 1.69. The van der Waals surface area contributed by atoms with Gasteiger partial charge in [0.15, 0.2) is 0 Å². The van der Waals surface area contributed by atoms with Gasteiger partial charge in [0.25, 0.3) is 0 Å². The van der Waals surface area contributed by atoms with Crippen LogP contribution in [0.4, 0.5) is 0 Å². The Hall–Kier alpha value is -1.65. The van der Waals surface area contributed by atoms with Crippen LogP contribution >= 0.6 is 11.3 Å². The van der Waals surface area contributed by atoms with Gasteiger partial charge in [-0.15, -0.1) is 11.3 Å². The molecule has 0 aliphatic heterocycles. The minimum absolute atomic E-state index is 0.0312. The molecule has 0 aliphatic carbocycles. The van der Waals surface area contributed by atoms with E-state index in [1.165, 1.54) is 4.88 Å². The van der Waals surface area contributed by atoms with Crippen LogP contribution in [0.5, 0.6) is 0 Å². The summed E-state index contributed by atoms with van der Waals surface area (Å²) in [5.74, 6) is -0.345. The van der Waals surface area contributed by atoms with E-state index in [-0.39, 0.29) is 18.5 Å². The number of primary amides is 1. The maximum Gasteiger partial charge on any atom is 0.231 e. The zero-order valence-corrected chi connectivity index (χ0v) is 10.1. The highest BCUT2D eigenvalue weighted by Gasteiger charge is 2.14. The zero-order valence-electron chi connectivity index (χ0n) is 9.30. The summed E-state index contributed by atoms with van der Waals surface area (Å²) < 4.78 is 0. The lowest BCUT2D eigenvalue weighted by Gasteiger charge is -2.16. The zero-order chi connectivity index (χ0) is 12.1. The van der Waals surface area contributed by atoms with Crippen LogP contribution < -0.4 is 11.1 Å². The normalized spacial score (nSPS) is 12.2. The summed E-state index contributed by atoms with van der Waals surface area (Å²) in [6, 6.07) is 14.1. The van der Waals surface area contributed by atoms with Gasteiger partial charge >= 0.3 is 0 Å². The third kappa shape index (κ3) is 3.15. The van der Waals surface area contributed by atoms with Crippen molar-refractivity contribution in [3.63, 3.8) is 0 Å². The van der Waals surface area contributed by atoms with Gasteiger partial charge in [0, 0.05) is 4.88 Å². The van der Waals surface area contributed by atoms with E-state index >= 15 is 0 Å². The second-order valence-electron chi connectivity index (χ2n) is 3.71. The van der Waals surface area contributed by atoms with Gasteiger partial charge in [0.05, 0.1) is 12.6 Å². The molecule has 0 aliphatic rings. The van der Waals surface area contributed by atoms with E-state index < -0.39 is 0 Å². The lowest BCUT2D eigenvalue weighted by molar-refractivity contribution is -0.117. The van der Waals surface area contributed by atoms with E-state index in [9.17, 15) is 4.79 Å². The van der Waals surface area contributed by atoms with Crippen LogP contribution in [-0.4, -0.2) is 12.5 Å². The molecule has 88 valence electrons. The molecule has 0 spiro atoms. The van der Waals surface area contributed by atoms with Crippen molar-refractivity contribution in [3.8, 4) is 0 Å². The second kappa shape index (κ2) is 5.61. The molecule has 4 heteroatoms. The van der Waals surface area contributed by atoms with Crippen LogP contribution in [0, 0.1) is 0 Å². The van der Waals surface area contributed by atoms with Crippen molar-refractivity contribution in [2.24, 2.45) is 5.73 Å². The summed E-state index contributed by atoms with van der Waals surface area (Å²) >= 11 is 1.66. The first-order chi connectivity index (χ1) is 8.27. The van der Waals surface area contributed by atoms with Crippen LogP contribution in [0.2, 0.25) is 0 Å². The van der Waals surface area contributed by atoms with Crippen molar-refractivity contribution in [3.05, 3.63) is 58.3 Å². The molecule has 2 rings (SSSR count). The molecule has 3 N–H and O–H groups in total. The number of carbonyl (C=O) groups excluding carboxylic acids is 1. The third-order valence-corrected chi connectivity index (χ3v) is 3.38. The van der Waals surface area contributed by atoms with Crippen LogP contribution in [0.25, 0.3) is 0 Å². The molecule has 3 nitrogen and oxygen atoms in total. The molecule has 0 bridgehead atoms. The molecular weight excluding hydrogens is 232 g/mol. The Morgan fingerprint density at radius 2 is 2.00 bits per heavy atom. The average molecular weight is 246 g/mol. The van der Waals surface area contributed by atoms with Gasteiger partial charge in [-0.05, 0) is 17.0 Å². The highest BCUT2D eigenvalue weighted by Crippen LogP contribution is 2.25. The topological polar surface area (TPSA) is 55.1 Å². The number of hydrogen-bond donors (Lipinski definition) is 2. The quantitative estimate of drug-likeness (QED) is 0.846. The fraction of sp³-hybridized carbons (Fsp3) is 0.154. The van der Waals surface area contributed by atoms with E-state index in [0.29, 0.717) is 0 Å². The molecule has 1 heterocycles. The van der Waals surface area contributed by atoms with Gasteiger partial charge in [-0.3, -0.25) is 10.1 Å². The first-order valence-corrected chi connectivity index (χ1v) is 6.25. The molecule has 0 unspecified atom stereocenters. The smallest absolute Gasteiger partial charge is 0.231 e. The van der Waals surface area contributed by atoms with E-state index in [4.69, 9.17) is 5.73 Å². The lowest BCUT2D eigenvalue weighted by Crippen LogP contribution is -2.31. The molecule has 1 amide bonds. The summed E-state index contributed by atoms with van der Waals surface area (Å²) in [6.45, 7) is 0.178. The first kappa shape index (κ1) is 11.8. The highest BCUT2D eigenvalue weighted by molar-refractivity contribution is 7.10. The predicted molar refractivity (Wildman–Crippen MR) is 69.8 cm³/mol. The molecule has 0 fully saturated rings. The molecule has 2 aromatic rings. The maximum absolute atomic E-state index is 10.9. The Morgan fingerprint density at radius 1 is 1.24 bits per heavy atom. The first-order valence-electron chi connectivity index (χ1n) is 5.37. The van der Waals surface area contributed by atoms with Gasteiger partial charge in [-0.25, -0.2) is 0 Å². The molecule has 0 radical (unpaired) electrons. The van der Waals surface area contributed by atoms with E-state index in [1.54, 1.807) is 11.3 Å². The molecule has 17 heavy (non-hydrogen) atoms. The molecular formula is C13H14N2OS. The number of benzene rings is 1. The van der Waals surface area contributed by atoms with E-state index in [2.05, 4.69) is 11.4 Å². The number of nitrogens with two attached hydrogens (primary N) is 1. The number of carbonyl (C=O) groups is 1. The molecule has 1 aromatic carbocycles. The third-order valence-electron chi connectivity index (χ3n) is 2.44. The minimum atomic E-state index is -0.345. The Bertz CT molecular complexity index is 467. The largest absolute Gasteiger partial charge is 0.369 e. The number of thiophene rings is 1. The molecule has 0 saturated heterocycles. The molecule has 0 saturated carbocycles. The minimum Gasteiger partial charge on any atom is -0.369 e. The maximum atomic E-state index is 10.9. The summed E-state index contributed by atoms with van der Waals surface area (Å²) in [7, 11) is 0. The van der Waals surface area contributed by atoms with Gasteiger partial charge in [-0.2, -0.15) is 0 Å². The van der Waals surface area contributed by atoms with Crippen LogP contribution in [0.15, 0.2) is 47.8 Å². The summed E-state index contributed by atoms with van der Waals surface area (Å²) in [6.07, 6.45) is 0.